The molecule has 0 saturated heterocycles. The van der Waals surface area contributed by atoms with Crippen LogP contribution in [0.25, 0.3) is 5.69 Å². The molecule has 20 heavy (non-hydrogen) atoms. The average molecular weight is 292 g/mol. The van der Waals surface area contributed by atoms with E-state index in [0.717, 1.165) is 41.6 Å². The Balaban J connectivity index is 2.27. The molecule has 1 N–H and O–H groups in total. The maximum absolute atomic E-state index is 6.42. The normalized spacial score (nSPS) is 11.1. The zero-order valence-corrected chi connectivity index (χ0v) is 13.4. The SMILES string of the molecule is CCCNCc1ccc(-n2nc(C)c(C)c2C)c(Cl)c1. The molecule has 0 atom stereocenters. The van der Waals surface area contributed by atoms with Gasteiger partial charge >= 0.3 is 0 Å². The van der Waals surface area contributed by atoms with E-state index in [9.17, 15) is 0 Å². The predicted molar refractivity (Wildman–Crippen MR) is 84.8 cm³/mol. The van der Waals surface area contributed by atoms with Crippen LogP contribution < -0.4 is 5.32 Å². The number of nitrogens with zero attached hydrogens (tertiary/aromatic N) is 2. The first-order valence-corrected chi connectivity index (χ1v) is 7.44. The molecule has 1 aromatic carbocycles. The highest BCUT2D eigenvalue weighted by molar-refractivity contribution is 6.32. The number of rotatable bonds is 5. The number of halogens is 1. The maximum atomic E-state index is 6.42. The fraction of sp³-hybridized carbons (Fsp3) is 0.438. The number of benzene rings is 1. The lowest BCUT2D eigenvalue weighted by molar-refractivity contribution is 0.675. The highest BCUT2D eigenvalue weighted by Gasteiger charge is 2.11. The number of aryl methyl sites for hydroxylation is 1. The van der Waals surface area contributed by atoms with E-state index in [4.69, 9.17) is 11.6 Å². The Morgan fingerprint density at radius 3 is 2.55 bits per heavy atom. The molecule has 1 heterocycles. The fourth-order valence-electron chi connectivity index (χ4n) is 2.20. The smallest absolute Gasteiger partial charge is 0.0835 e. The lowest BCUT2D eigenvalue weighted by Gasteiger charge is -2.10. The van der Waals surface area contributed by atoms with Gasteiger partial charge in [-0.15, -0.1) is 0 Å². The standard InChI is InChI=1S/C16H22ClN3/c1-5-8-18-10-14-6-7-16(15(17)9-14)20-13(4)11(2)12(3)19-20/h6-7,9,18H,5,8,10H2,1-4H3. The van der Waals surface area contributed by atoms with Gasteiger partial charge in [-0.2, -0.15) is 5.10 Å². The molecule has 0 radical (unpaired) electrons. The molecule has 108 valence electrons. The van der Waals surface area contributed by atoms with E-state index in [-0.39, 0.29) is 0 Å². The van der Waals surface area contributed by atoms with Crippen LogP contribution in [0.5, 0.6) is 0 Å². The van der Waals surface area contributed by atoms with Gasteiger partial charge in [0.25, 0.3) is 0 Å². The molecule has 4 heteroatoms. The predicted octanol–water partition coefficient (Wildman–Crippen LogP) is 3.95. The van der Waals surface area contributed by atoms with E-state index in [1.165, 1.54) is 11.1 Å². The quantitative estimate of drug-likeness (QED) is 0.845. The Morgan fingerprint density at radius 1 is 1.25 bits per heavy atom. The van der Waals surface area contributed by atoms with Gasteiger partial charge in [0.1, 0.15) is 0 Å². The van der Waals surface area contributed by atoms with Crippen molar-refractivity contribution in [2.24, 2.45) is 0 Å². The van der Waals surface area contributed by atoms with Crippen LogP contribution in [0, 0.1) is 20.8 Å². The van der Waals surface area contributed by atoms with Crippen molar-refractivity contribution in [1.29, 1.82) is 0 Å². The van der Waals surface area contributed by atoms with E-state index < -0.39 is 0 Å². The van der Waals surface area contributed by atoms with Gasteiger partial charge in [-0.1, -0.05) is 24.6 Å². The lowest BCUT2D eigenvalue weighted by Crippen LogP contribution is -2.13. The van der Waals surface area contributed by atoms with Crippen LogP contribution in [0.1, 0.15) is 35.9 Å². The van der Waals surface area contributed by atoms with Crippen LogP contribution in [0.3, 0.4) is 0 Å². The first kappa shape index (κ1) is 15.1. The zero-order valence-electron chi connectivity index (χ0n) is 12.6. The first-order chi connectivity index (χ1) is 9.54. The highest BCUT2D eigenvalue weighted by Crippen LogP contribution is 2.24. The average Bonchev–Trinajstić information content (AvgIpc) is 2.67. The van der Waals surface area contributed by atoms with Crippen LogP contribution >= 0.6 is 11.6 Å². The number of hydrogen-bond donors (Lipinski definition) is 1. The van der Waals surface area contributed by atoms with Gasteiger partial charge in [-0.3, -0.25) is 0 Å². The summed E-state index contributed by atoms with van der Waals surface area (Å²) in [4.78, 5) is 0. The van der Waals surface area contributed by atoms with E-state index >= 15 is 0 Å². The van der Waals surface area contributed by atoms with E-state index in [1.54, 1.807) is 0 Å². The molecule has 0 unspecified atom stereocenters. The largest absolute Gasteiger partial charge is 0.313 e. The lowest BCUT2D eigenvalue weighted by atomic mass is 10.2. The molecule has 0 bridgehead atoms. The van der Waals surface area contributed by atoms with Gasteiger partial charge in [0, 0.05) is 12.2 Å². The summed E-state index contributed by atoms with van der Waals surface area (Å²) < 4.78 is 1.93. The Hall–Kier alpha value is -1.32. The van der Waals surface area contributed by atoms with Gasteiger partial charge in [-0.25, -0.2) is 4.68 Å². The third-order valence-corrected chi connectivity index (χ3v) is 3.95. The molecule has 0 aliphatic heterocycles. The van der Waals surface area contributed by atoms with Crippen molar-refractivity contribution in [3.63, 3.8) is 0 Å². The monoisotopic (exact) mass is 291 g/mol. The molecule has 0 spiro atoms. The van der Waals surface area contributed by atoms with Crippen molar-refractivity contribution in [3.8, 4) is 5.69 Å². The summed E-state index contributed by atoms with van der Waals surface area (Å²) in [6.45, 7) is 10.2. The van der Waals surface area contributed by atoms with Crippen molar-refractivity contribution in [3.05, 3.63) is 45.7 Å². The molecule has 2 rings (SSSR count). The van der Waals surface area contributed by atoms with Crippen LogP contribution in [-0.4, -0.2) is 16.3 Å². The minimum atomic E-state index is 0.742. The molecule has 0 fully saturated rings. The van der Waals surface area contributed by atoms with E-state index in [2.05, 4.69) is 37.3 Å². The van der Waals surface area contributed by atoms with Gasteiger partial charge in [0.2, 0.25) is 0 Å². The second-order valence-electron chi connectivity index (χ2n) is 5.17. The minimum absolute atomic E-state index is 0.742. The fourth-order valence-corrected chi connectivity index (χ4v) is 2.48. The van der Waals surface area contributed by atoms with E-state index in [0.29, 0.717) is 0 Å². The molecule has 2 aromatic rings. The van der Waals surface area contributed by atoms with Crippen molar-refractivity contribution in [2.75, 3.05) is 6.54 Å². The molecule has 3 nitrogen and oxygen atoms in total. The molecule has 0 saturated carbocycles. The second kappa shape index (κ2) is 6.42. The summed E-state index contributed by atoms with van der Waals surface area (Å²) in [5.41, 5.74) is 5.55. The molecule has 0 aliphatic carbocycles. The van der Waals surface area contributed by atoms with Gasteiger partial charge < -0.3 is 5.32 Å². The Morgan fingerprint density at radius 2 is 2.00 bits per heavy atom. The topological polar surface area (TPSA) is 29.9 Å². The van der Waals surface area contributed by atoms with Gasteiger partial charge in [0.15, 0.2) is 0 Å². The second-order valence-corrected chi connectivity index (χ2v) is 5.58. The Labute approximate surface area is 126 Å². The van der Waals surface area contributed by atoms with Gasteiger partial charge in [0.05, 0.1) is 16.4 Å². The number of nitrogens with one attached hydrogen (secondary N) is 1. The number of aromatic nitrogens is 2. The highest BCUT2D eigenvalue weighted by atomic mass is 35.5. The Kier molecular flexibility index (Phi) is 4.84. The first-order valence-electron chi connectivity index (χ1n) is 7.07. The van der Waals surface area contributed by atoms with Crippen molar-refractivity contribution in [1.82, 2.24) is 15.1 Å². The van der Waals surface area contributed by atoms with E-state index in [1.807, 2.05) is 23.7 Å². The molecular weight excluding hydrogens is 270 g/mol. The molecule has 0 amide bonds. The van der Waals surface area contributed by atoms with Crippen molar-refractivity contribution < 1.29 is 0 Å². The van der Waals surface area contributed by atoms with Crippen molar-refractivity contribution in [2.45, 2.75) is 40.7 Å². The third kappa shape index (κ3) is 3.05. The van der Waals surface area contributed by atoms with Gasteiger partial charge in [-0.05, 0) is 57.0 Å². The third-order valence-electron chi connectivity index (χ3n) is 3.65. The van der Waals surface area contributed by atoms with Crippen LogP contribution in [-0.2, 0) is 6.54 Å². The summed E-state index contributed by atoms with van der Waals surface area (Å²) in [7, 11) is 0. The maximum Gasteiger partial charge on any atom is 0.0835 e. The summed E-state index contributed by atoms with van der Waals surface area (Å²) in [5, 5.41) is 8.69. The molecule has 0 aliphatic rings. The summed E-state index contributed by atoms with van der Waals surface area (Å²) in [6, 6.07) is 6.17. The van der Waals surface area contributed by atoms with Crippen LogP contribution in [0.4, 0.5) is 0 Å². The van der Waals surface area contributed by atoms with Crippen LogP contribution in [0.15, 0.2) is 18.2 Å². The Bertz CT molecular complexity index is 602. The molecular formula is C16H22ClN3. The van der Waals surface area contributed by atoms with Crippen molar-refractivity contribution >= 4 is 11.6 Å². The summed E-state index contributed by atoms with van der Waals surface area (Å²) >= 11 is 6.42. The zero-order chi connectivity index (χ0) is 14.7. The summed E-state index contributed by atoms with van der Waals surface area (Å²) in [5.74, 6) is 0. The summed E-state index contributed by atoms with van der Waals surface area (Å²) in [6.07, 6.45) is 1.14. The minimum Gasteiger partial charge on any atom is -0.313 e. The molecule has 1 aromatic heterocycles. The number of hydrogen-bond acceptors (Lipinski definition) is 2. The van der Waals surface area contributed by atoms with Crippen LogP contribution in [0.2, 0.25) is 5.02 Å².